The van der Waals surface area contributed by atoms with Crippen molar-refractivity contribution >= 4 is 11.8 Å². The molecule has 0 spiro atoms. The monoisotopic (exact) mass is 332 g/mol. The molecule has 0 radical (unpaired) electrons. The lowest BCUT2D eigenvalue weighted by molar-refractivity contribution is -0.125. The van der Waals surface area contributed by atoms with E-state index in [-0.39, 0.29) is 30.9 Å². The molecule has 1 atom stereocenters. The summed E-state index contributed by atoms with van der Waals surface area (Å²) in [6.45, 7) is 4.77. The van der Waals surface area contributed by atoms with Crippen LogP contribution in [-0.2, 0) is 9.59 Å². The van der Waals surface area contributed by atoms with Crippen molar-refractivity contribution in [2.45, 2.75) is 25.8 Å². The Bertz CT molecular complexity index is 527. The highest BCUT2D eigenvalue weighted by Gasteiger charge is 2.24. The third kappa shape index (κ3) is 5.62. The van der Waals surface area contributed by atoms with Crippen molar-refractivity contribution in [2.75, 3.05) is 32.7 Å². The zero-order valence-corrected chi connectivity index (χ0v) is 14.3. The minimum atomic E-state index is -0.324. The van der Waals surface area contributed by atoms with Gasteiger partial charge in [-0.15, -0.1) is 0 Å². The predicted octanol–water partition coefficient (Wildman–Crippen LogP) is 0.651. The van der Waals surface area contributed by atoms with Gasteiger partial charge in [-0.1, -0.05) is 37.3 Å². The first-order valence-electron chi connectivity index (χ1n) is 8.62. The molecular formula is C18H28N4O2. The van der Waals surface area contributed by atoms with E-state index in [1.165, 1.54) is 18.4 Å². The molecule has 6 nitrogen and oxygen atoms in total. The summed E-state index contributed by atoms with van der Waals surface area (Å²) < 4.78 is 0. The predicted molar refractivity (Wildman–Crippen MR) is 94.2 cm³/mol. The van der Waals surface area contributed by atoms with Crippen LogP contribution in [0.15, 0.2) is 30.3 Å². The average Bonchev–Trinajstić information content (AvgIpc) is 2.62. The fraction of sp³-hybridized carbons (Fsp3) is 0.556. The molecule has 1 fully saturated rings. The number of benzene rings is 1. The SMILES string of the molecule is CC1CCN(C(CNC(=O)CNC(=O)CN)c2ccccc2)CC1. The zero-order valence-electron chi connectivity index (χ0n) is 14.3. The quantitative estimate of drug-likeness (QED) is 0.684. The van der Waals surface area contributed by atoms with Gasteiger partial charge < -0.3 is 16.4 Å². The molecule has 1 aliphatic rings. The molecule has 0 aliphatic carbocycles. The first kappa shape index (κ1) is 18.4. The van der Waals surface area contributed by atoms with E-state index in [0.717, 1.165) is 19.0 Å². The van der Waals surface area contributed by atoms with E-state index in [2.05, 4.69) is 34.6 Å². The second-order valence-corrected chi connectivity index (χ2v) is 6.43. The summed E-state index contributed by atoms with van der Waals surface area (Å²) in [7, 11) is 0. The highest BCUT2D eigenvalue weighted by Crippen LogP contribution is 2.26. The number of amides is 2. The number of hydrogen-bond acceptors (Lipinski definition) is 4. The van der Waals surface area contributed by atoms with Gasteiger partial charge in [0.25, 0.3) is 0 Å². The number of carbonyl (C=O) groups excluding carboxylic acids is 2. The van der Waals surface area contributed by atoms with Gasteiger partial charge in [0.2, 0.25) is 11.8 Å². The number of carbonyl (C=O) groups is 2. The Hall–Kier alpha value is -1.92. The van der Waals surface area contributed by atoms with Gasteiger partial charge >= 0.3 is 0 Å². The standard InChI is InChI=1S/C18H28N4O2/c1-14-7-9-22(10-8-14)16(15-5-3-2-4-6-15)12-20-18(24)13-21-17(23)11-19/h2-6,14,16H,7-13,19H2,1H3,(H,20,24)(H,21,23). The van der Waals surface area contributed by atoms with Crippen LogP contribution in [0.25, 0.3) is 0 Å². The summed E-state index contributed by atoms with van der Waals surface area (Å²) in [6.07, 6.45) is 2.37. The third-order valence-electron chi connectivity index (χ3n) is 4.57. The van der Waals surface area contributed by atoms with Gasteiger partial charge in [-0.05, 0) is 37.4 Å². The molecule has 1 unspecified atom stereocenters. The van der Waals surface area contributed by atoms with E-state index in [0.29, 0.717) is 6.54 Å². The van der Waals surface area contributed by atoms with Crippen molar-refractivity contribution in [1.29, 1.82) is 0 Å². The second kappa shape index (κ2) is 9.39. The Morgan fingerprint density at radius 1 is 1.17 bits per heavy atom. The Labute approximate surface area is 143 Å². The number of rotatable bonds is 7. The zero-order chi connectivity index (χ0) is 17.4. The Morgan fingerprint density at radius 3 is 2.46 bits per heavy atom. The van der Waals surface area contributed by atoms with Crippen LogP contribution in [0.5, 0.6) is 0 Å². The van der Waals surface area contributed by atoms with Crippen molar-refractivity contribution in [3.8, 4) is 0 Å². The van der Waals surface area contributed by atoms with E-state index >= 15 is 0 Å². The van der Waals surface area contributed by atoms with Crippen LogP contribution in [0.2, 0.25) is 0 Å². The minimum Gasteiger partial charge on any atom is -0.353 e. The van der Waals surface area contributed by atoms with Gasteiger partial charge in [-0.25, -0.2) is 0 Å². The lowest BCUT2D eigenvalue weighted by Crippen LogP contribution is -2.44. The molecule has 1 saturated heterocycles. The fourth-order valence-electron chi connectivity index (χ4n) is 3.00. The van der Waals surface area contributed by atoms with Gasteiger partial charge in [0.05, 0.1) is 19.1 Å². The molecule has 1 aromatic carbocycles. The van der Waals surface area contributed by atoms with E-state index in [1.54, 1.807) is 0 Å². The van der Waals surface area contributed by atoms with Crippen LogP contribution < -0.4 is 16.4 Å². The molecule has 24 heavy (non-hydrogen) atoms. The first-order valence-corrected chi connectivity index (χ1v) is 8.62. The summed E-state index contributed by atoms with van der Waals surface area (Å²) in [5.74, 6) is 0.247. The summed E-state index contributed by atoms with van der Waals surface area (Å²) in [6, 6.07) is 10.4. The molecule has 1 heterocycles. The largest absolute Gasteiger partial charge is 0.353 e. The molecule has 4 N–H and O–H groups in total. The van der Waals surface area contributed by atoms with Crippen molar-refractivity contribution in [3.05, 3.63) is 35.9 Å². The number of nitrogens with two attached hydrogens (primary N) is 1. The Kier molecular flexibility index (Phi) is 7.21. The molecule has 2 amide bonds. The van der Waals surface area contributed by atoms with Crippen molar-refractivity contribution in [2.24, 2.45) is 11.7 Å². The Morgan fingerprint density at radius 2 is 1.83 bits per heavy atom. The van der Waals surface area contributed by atoms with Gasteiger partial charge in [0.1, 0.15) is 0 Å². The number of hydrogen-bond donors (Lipinski definition) is 3. The maximum Gasteiger partial charge on any atom is 0.239 e. The van der Waals surface area contributed by atoms with Crippen LogP contribution in [-0.4, -0.2) is 49.4 Å². The normalized spacial score (nSPS) is 17.2. The smallest absolute Gasteiger partial charge is 0.239 e. The van der Waals surface area contributed by atoms with E-state index < -0.39 is 0 Å². The molecule has 1 aromatic rings. The molecule has 2 rings (SSSR count). The fourth-order valence-corrected chi connectivity index (χ4v) is 3.00. The summed E-state index contributed by atoms with van der Waals surface area (Å²) in [4.78, 5) is 25.5. The van der Waals surface area contributed by atoms with Gasteiger partial charge in [0.15, 0.2) is 0 Å². The molecule has 6 heteroatoms. The van der Waals surface area contributed by atoms with Crippen LogP contribution in [0.1, 0.15) is 31.4 Å². The summed E-state index contributed by atoms with van der Waals surface area (Å²) in [5.41, 5.74) is 6.42. The van der Waals surface area contributed by atoms with Crippen molar-refractivity contribution in [3.63, 3.8) is 0 Å². The maximum atomic E-state index is 11.9. The number of nitrogens with zero attached hydrogens (tertiary/aromatic N) is 1. The molecule has 0 bridgehead atoms. The second-order valence-electron chi connectivity index (χ2n) is 6.43. The molecule has 0 aromatic heterocycles. The van der Waals surface area contributed by atoms with Crippen LogP contribution in [0.3, 0.4) is 0 Å². The molecular weight excluding hydrogens is 304 g/mol. The molecule has 1 aliphatic heterocycles. The Balaban J connectivity index is 1.94. The van der Waals surface area contributed by atoms with Crippen molar-refractivity contribution in [1.82, 2.24) is 15.5 Å². The van der Waals surface area contributed by atoms with Crippen molar-refractivity contribution < 1.29 is 9.59 Å². The van der Waals surface area contributed by atoms with E-state index in [4.69, 9.17) is 5.73 Å². The highest BCUT2D eigenvalue weighted by molar-refractivity contribution is 5.85. The minimum absolute atomic E-state index is 0.0332. The van der Waals surface area contributed by atoms with Crippen LogP contribution in [0, 0.1) is 5.92 Å². The average molecular weight is 332 g/mol. The van der Waals surface area contributed by atoms with Crippen LogP contribution in [0.4, 0.5) is 0 Å². The summed E-state index contributed by atoms with van der Waals surface area (Å²) in [5, 5.41) is 5.42. The van der Waals surface area contributed by atoms with E-state index in [9.17, 15) is 9.59 Å². The van der Waals surface area contributed by atoms with Gasteiger partial charge in [-0.3, -0.25) is 14.5 Å². The van der Waals surface area contributed by atoms with E-state index in [1.807, 2.05) is 18.2 Å². The molecule has 132 valence electrons. The number of nitrogens with one attached hydrogen (secondary N) is 2. The lowest BCUT2D eigenvalue weighted by atomic mass is 9.95. The molecule has 0 saturated carbocycles. The van der Waals surface area contributed by atoms with Crippen LogP contribution >= 0.6 is 0 Å². The topological polar surface area (TPSA) is 87.5 Å². The third-order valence-corrected chi connectivity index (χ3v) is 4.57. The highest BCUT2D eigenvalue weighted by atomic mass is 16.2. The number of piperidine rings is 1. The number of likely N-dealkylation sites (tertiary alicyclic amines) is 1. The van der Waals surface area contributed by atoms with Gasteiger partial charge in [-0.2, -0.15) is 0 Å². The summed E-state index contributed by atoms with van der Waals surface area (Å²) >= 11 is 0. The lowest BCUT2D eigenvalue weighted by Gasteiger charge is -2.37. The first-order chi connectivity index (χ1) is 11.6. The maximum absolute atomic E-state index is 11.9. The van der Waals surface area contributed by atoms with Gasteiger partial charge in [0, 0.05) is 6.54 Å².